The highest BCUT2D eigenvalue weighted by Gasteiger charge is 2.20. The SMILES string of the molecule is CCC/C=C\C/C=C\CCCCCCCC(=O)OCC/C=C\C/C=C\CCCCCCCCCCCCCCCCC(=O)NC(CO)C(O)CCCCCCCCCCCCCCCCCCCCCCC. The predicted molar refractivity (Wildman–Crippen MR) is 315 cm³/mol. The summed E-state index contributed by atoms with van der Waals surface area (Å²) in [6.45, 7) is 4.79. The Kier molecular flexibility index (Phi) is 59.5. The average Bonchev–Trinajstić information content (AvgIpc) is 3.38. The van der Waals surface area contributed by atoms with Gasteiger partial charge in [0.05, 0.1) is 25.4 Å². The highest BCUT2D eigenvalue weighted by Crippen LogP contribution is 2.18. The van der Waals surface area contributed by atoms with Crippen molar-refractivity contribution in [1.82, 2.24) is 5.32 Å². The van der Waals surface area contributed by atoms with Gasteiger partial charge in [-0.05, 0) is 70.6 Å². The van der Waals surface area contributed by atoms with Crippen LogP contribution in [0.5, 0.6) is 0 Å². The van der Waals surface area contributed by atoms with Crippen molar-refractivity contribution in [2.75, 3.05) is 13.2 Å². The Morgan fingerprint density at radius 3 is 1.11 bits per heavy atom. The van der Waals surface area contributed by atoms with E-state index < -0.39 is 12.1 Å². The molecule has 0 bridgehead atoms. The van der Waals surface area contributed by atoms with E-state index in [4.69, 9.17) is 4.74 Å². The molecule has 422 valence electrons. The van der Waals surface area contributed by atoms with Crippen molar-refractivity contribution in [3.05, 3.63) is 48.6 Å². The Labute approximate surface area is 448 Å². The lowest BCUT2D eigenvalue weighted by atomic mass is 10.0. The minimum atomic E-state index is -0.670. The van der Waals surface area contributed by atoms with Gasteiger partial charge in [0.15, 0.2) is 0 Å². The normalized spacial score (nSPS) is 12.9. The van der Waals surface area contributed by atoms with Crippen LogP contribution in [0.2, 0.25) is 0 Å². The van der Waals surface area contributed by atoms with Crippen LogP contribution in [0, 0.1) is 0 Å². The second kappa shape index (κ2) is 61.4. The number of aliphatic hydroxyl groups excluding tert-OH is 2. The van der Waals surface area contributed by atoms with E-state index in [9.17, 15) is 19.8 Å². The molecule has 0 radical (unpaired) electrons. The molecule has 0 aliphatic carbocycles. The van der Waals surface area contributed by atoms with Gasteiger partial charge in [-0.1, -0.05) is 300 Å². The van der Waals surface area contributed by atoms with Crippen molar-refractivity contribution in [2.24, 2.45) is 0 Å². The number of amides is 1. The van der Waals surface area contributed by atoms with Gasteiger partial charge in [0.1, 0.15) is 0 Å². The Bertz CT molecular complexity index is 1210. The number of hydrogen-bond acceptors (Lipinski definition) is 5. The van der Waals surface area contributed by atoms with Crippen LogP contribution < -0.4 is 5.32 Å². The number of hydrogen-bond donors (Lipinski definition) is 3. The molecular formula is C66H123NO5. The predicted octanol–water partition coefficient (Wildman–Crippen LogP) is 20.1. The van der Waals surface area contributed by atoms with E-state index in [2.05, 4.69) is 67.8 Å². The summed E-state index contributed by atoms with van der Waals surface area (Å²) in [7, 11) is 0. The second-order valence-corrected chi connectivity index (χ2v) is 21.7. The Morgan fingerprint density at radius 2 is 0.722 bits per heavy atom. The van der Waals surface area contributed by atoms with E-state index in [0.717, 1.165) is 64.2 Å². The summed E-state index contributed by atoms with van der Waals surface area (Å²) in [5.74, 6) is -0.0880. The van der Waals surface area contributed by atoms with Crippen LogP contribution in [0.15, 0.2) is 48.6 Å². The minimum Gasteiger partial charge on any atom is -0.465 e. The largest absolute Gasteiger partial charge is 0.465 e. The second-order valence-electron chi connectivity index (χ2n) is 21.7. The number of rotatable bonds is 59. The van der Waals surface area contributed by atoms with E-state index in [1.807, 2.05) is 0 Å². The molecule has 2 unspecified atom stereocenters. The van der Waals surface area contributed by atoms with Gasteiger partial charge in [-0.25, -0.2) is 0 Å². The Morgan fingerprint density at radius 1 is 0.389 bits per heavy atom. The third-order valence-electron chi connectivity index (χ3n) is 14.6. The summed E-state index contributed by atoms with van der Waals surface area (Å²) in [4.78, 5) is 24.5. The highest BCUT2D eigenvalue weighted by molar-refractivity contribution is 5.76. The van der Waals surface area contributed by atoms with E-state index in [1.165, 1.54) is 238 Å². The zero-order valence-corrected chi connectivity index (χ0v) is 48.2. The lowest BCUT2D eigenvalue weighted by Gasteiger charge is -2.22. The molecule has 0 spiro atoms. The fourth-order valence-corrected chi connectivity index (χ4v) is 9.75. The molecule has 72 heavy (non-hydrogen) atoms. The summed E-state index contributed by atoms with van der Waals surface area (Å²) in [6, 6.07) is -0.547. The zero-order valence-electron chi connectivity index (χ0n) is 48.2. The Hall–Kier alpha value is -2.18. The smallest absolute Gasteiger partial charge is 0.305 e. The van der Waals surface area contributed by atoms with Crippen molar-refractivity contribution in [3.8, 4) is 0 Å². The van der Waals surface area contributed by atoms with Crippen molar-refractivity contribution >= 4 is 11.9 Å². The fraction of sp³-hybridized carbons (Fsp3) is 0.848. The molecule has 0 aromatic carbocycles. The van der Waals surface area contributed by atoms with Crippen LogP contribution in [0.4, 0.5) is 0 Å². The fourth-order valence-electron chi connectivity index (χ4n) is 9.75. The van der Waals surface area contributed by atoms with Crippen LogP contribution in [0.25, 0.3) is 0 Å². The van der Waals surface area contributed by atoms with E-state index in [1.54, 1.807) is 0 Å². The number of ether oxygens (including phenoxy) is 1. The van der Waals surface area contributed by atoms with Crippen molar-refractivity contribution in [3.63, 3.8) is 0 Å². The molecule has 0 saturated carbocycles. The maximum Gasteiger partial charge on any atom is 0.305 e. The van der Waals surface area contributed by atoms with E-state index in [-0.39, 0.29) is 18.5 Å². The quantitative estimate of drug-likeness (QED) is 0.0320. The molecule has 2 atom stereocenters. The molecular weight excluding hydrogens is 887 g/mol. The molecule has 0 aliphatic heterocycles. The molecule has 0 saturated heterocycles. The molecule has 0 heterocycles. The molecule has 0 aliphatic rings. The standard InChI is InChI=1S/C66H123NO5/c1-3-5-7-9-11-13-15-17-18-19-20-22-25-28-31-35-38-42-46-50-54-58-64(69)63(62-68)67-65(70)59-55-51-47-43-39-36-32-29-26-23-21-24-27-30-33-37-41-45-49-53-57-61-72-66(71)60-56-52-48-44-40-34-16-14-12-10-8-6-4-2/h8,10,14,16,37,41,49,53,63-64,68-69H,3-7,9,11-13,15,17-36,38-40,42-48,50-52,54-62H2,1-2H3,(H,67,70)/b10-8-,16-14-,41-37-,53-49-. The summed E-state index contributed by atoms with van der Waals surface area (Å²) in [5.41, 5.74) is 0. The van der Waals surface area contributed by atoms with Crippen LogP contribution in [-0.4, -0.2) is 47.4 Å². The summed E-state index contributed by atoms with van der Waals surface area (Å²) in [6.07, 6.45) is 78.5. The van der Waals surface area contributed by atoms with Gasteiger partial charge < -0.3 is 20.3 Å². The molecule has 6 nitrogen and oxygen atoms in total. The van der Waals surface area contributed by atoms with Crippen LogP contribution in [0.1, 0.15) is 335 Å². The zero-order chi connectivity index (χ0) is 52.2. The first-order valence-corrected chi connectivity index (χ1v) is 31.9. The molecule has 0 fully saturated rings. The number of carbonyl (C=O) groups excluding carboxylic acids is 2. The first kappa shape index (κ1) is 69.8. The van der Waals surface area contributed by atoms with E-state index in [0.29, 0.717) is 25.9 Å². The first-order chi connectivity index (χ1) is 35.5. The minimum absolute atomic E-state index is 0.0375. The van der Waals surface area contributed by atoms with Crippen molar-refractivity contribution in [1.29, 1.82) is 0 Å². The third kappa shape index (κ3) is 57.1. The van der Waals surface area contributed by atoms with Gasteiger partial charge in [-0.2, -0.15) is 0 Å². The van der Waals surface area contributed by atoms with Crippen LogP contribution in [-0.2, 0) is 14.3 Å². The number of nitrogens with one attached hydrogen (secondary N) is 1. The number of unbranched alkanes of at least 4 members (excludes halogenated alkanes) is 40. The summed E-state index contributed by atoms with van der Waals surface area (Å²) >= 11 is 0. The average molecular weight is 1010 g/mol. The highest BCUT2D eigenvalue weighted by atomic mass is 16.5. The third-order valence-corrected chi connectivity index (χ3v) is 14.6. The van der Waals surface area contributed by atoms with E-state index >= 15 is 0 Å². The van der Waals surface area contributed by atoms with Gasteiger partial charge in [0.2, 0.25) is 5.91 Å². The van der Waals surface area contributed by atoms with Crippen LogP contribution in [0.3, 0.4) is 0 Å². The van der Waals surface area contributed by atoms with Gasteiger partial charge in [0.25, 0.3) is 0 Å². The summed E-state index contributed by atoms with van der Waals surface area (Å²) in [5, 5.41) is 23.4. The molecule has 6 heteroatoms. The molecule has 0 aromatic rings. The maximum absolute atomic E-state index is 12.5. The van der Waals surface area contributed by atoms with Crippen molar-refractivity contribution in [2.45, 2.75) is 347 Å². The summed E-state index contributed by atoms with van der Waals surface area (Å²) < 4.78 is 5.40. The first-order valence-electron chi connectivity index (χ1n) is 31.9. The maximum atomic E-state index is 12.5. The topological polar surface area (TPSA) is 95.9 Å². The number of allylic oxidation sites excluding steroid dienone is 7. The van der Waals surface area contributed by atoms with Gasteiger partial charge in [-0.3, -0.25) is 9.59 Å². The lowest BCUT2D eigenvalue weighted by molar-refractivity contribution is -0.143. The molecule has 3 N–H and O–H groups in total. The monoisotopic (exact) mass is 1010 g/mol. The molecule has 1 amide bonds. The number of esters is 1. The van der Waals surface area contributed by atoms with Gasteiger partial charge in [0, 0.05) is 12.8 Å². The Balaban J connectivity index is 3.46. The number of carbonyl (C=O) groups is 2. The van der Waals surface area contributed by atoms with Gasteiger partial charge in [-0.15, -0.1) is 0 Å². The molecule has 0 rings (SSSR count). The molecule has 0 aromatic heterocycles. The van der Waals surface area contributed by atoms with Gasteiger partial charge >= 0.3 is 5.97 Å². The van der Waals surface area contributed by atoms with Crippen LogP contribution >= 0.6 is 0 Å². The lowest BCUT2D eigenvalue weighted by Crippen LogP contribution is -2.45. The number of aliphatic hydroxyl groups is 2. The van der Waals surface area contributed by atoms with Crippen molar-refractivity contribution < 1.29 is 24.5 Å².